The van der Waals surface area contributed by atoms with Crippen LogP contribution in [0.2, 0.25) is 0 Å². The zero-order valence-corrected chi connectivity index (χ0v) is 11.3. The second-order valence-electron chi connectivity index (χ2n) is 4.38. The van der Waals surface area contributed by atoms with E-state index in [1.165, 1.54) is 21.2 Å². The van der Waals surface area contributed by atoms with Crippen molar-refractivity contribution in [3.63, 3.8) is 0 Å². The van der Waals surface area contributed by atoms with Crippen molar-refractivity contribution in [2.45, 2.75) is 13.0 Å². The van der Waals surface area contributed by atoms with Gasteiger partial charge in [0.2, 0.25) is 0 Å². The predicted octanol–water partition coefficient (Wildman–Crippen LogP) is 4.11. The van der Waals surface area contributed by atoms with Gasteiger partial charge in [-0.15, -0.1) is 11.3 Å². The van der Waals surface area contributed by atoms with Crippen LogP contribution in [0.3, 0.4) is 0 Å². The van der Waals surface area contributed by atoms with E-state index in [0.717, 1.165) is 5.76 Å². The number of nitrogens with one attached hydrogen (secondary N) is 1. The van der Waals surface area contributed by atoms with E-state index < -0.39 is 0 Å². The molecule has 0 fully saturated rings. The number of aryl methyl sites for hydroxylation is 1. The fourth-order valence-corrected chi connectivity index (χ4v) is 3.30. The van der Waals surface area contributed by atoms with Gasteiger partial charge >= 0.3 is 0 Å². The number of rotatable bonds is 3. The van der Waals surface area contributed by atoms with Gasteiger partial charge in [0.25, 0.3) is 0 Å². The maximum atomic E-state index is 5.64. The van der Waals surface area contributed by atoms with Gasteiger partial charge in [0.05, 0.1) is 12.3 Å². The van der Waals surface area contributed by atoms with Crippen molar-refractivity contribution in [2.24, 2.45) is 0 Å². The Hall–Kier alpha value is -1.58. The summed E-state index contributed by atoms with van der Waals surface area (Å²) in [6, 6.07) is 10.7. The molecule has 0 spiro atoms. The molecule has 2 nitrogen and oxygen atoms in total. The van der Waals surface area contributed by atoms with Crippen LogP contribution in [0.4, 0.5) is 0 Å². The fourth-order valence-electron chi connectivity index (χ4n) is 2.35. The van der Waals surface area contributed by atoms with E-state index >= 15 is 0 Å². The molecule has 0 aliphatic heterocycles. The maximum absolute atomic E-state index is 5.64. The molecular weight excluding hydrogens is 242 g/mol. The van der Waals surface area contributed by atoms with Crippen molar-refractivity contribution in [2.75, 3.05) is 7.05 Å². The highest BCUT2D eigenvalue weighted by Crippen LogP contribution is 2.33. The zero-order valence-electron chi connectivity index (χ0n) is 10.4. The summed E-state index contributed by atoms with van der Waals surface area (Å²) >= 11 is 1.78. The molecule has 2 heterocycles. The van der Waals surface area contributed by atoms with E-state index in [1.807, 2.05) is 13.1 Å². The Morgan fingerprint density at radius 2 is 2.11 bits per heavy atom. The second-order valence-corrected chi connectivity index (χ2v) is 5.29. The molecule has 1 aromatic carbocycles. The molecule has 2 aromatic heterocycles. The predicted molar refractivity (Wildman–Crippen MR) is 76.2 cm³/mol. The third-order valence-electron chi connectivity index (χ3n) is 3.27. The van der Waals surface area contributed by atoms with Gasteiger partial charge in [-0.25, -0.2) is 0 Å². The second kappa shape index (κ2) is 4.59. The van der Waals surface area contributed by atoms with E-state index in [4.69, 9.17) is 4.42 Å². The summed E-state index contributed by atoms with van der Waals surface area (Å²) in [7, 11) is 1.97. The van der Waals surface area contributed by atoms with Crippen LogP contribution in [0.15, 0.2) is 46.4 Å². The Kier molecular flexibility index (Phi) is 2.94. The molecule has 3 heteroatoms. The summed E-state index contributed by atoms with van der Waals surface area (Å²) < 4.78 is 6.97. The summed E-state index contributed by atoms with van der Waals surface area (Å²) in [5, 5.41) is 6.78. The largest absolute Gasteiger partial charge is 0.467 e. The smallest absolute Gasteiger partial charge is 0.128 e. The first-order valence-corrected chi connectivity index (χ1v) is 6.86. The average Bonchev–Trinajstić information content (AvgIpc) is 3.00. The molecule has 0 aliphatic carbocycles. The third kappa shape index (κ3) is 1.76. The Morgan fingerprint density at radius 1 is 1.22 bits per heavy atom. The van der Waals surface area contributed by atoms with Crippen LogP contribution >= 0.6 is 11.3 Å². The van der Waals surface area contributed by atoms with Crippen molar-refractivity contribution in [1.82, 2.24) is 5.32 Å². The van der Waals surface area contributed by atoms with E-state index in [1.54, 1.807) is 17.6 Å². The quantitative estimate of drug-likeness (QED) is 0.763. The zero-order chi connectivity index (χ0) is 12.5. The molecule has 18 heavy (non-hydrogen) atoms. The summed E-state index contributed by atoms with van der Waals surface area (Å²) in [6.07, 6.45) is 1.75. The molecule has 0 aliphatic rings. The highest BCUT2D eigenvalue weighted by atomic mass is 32.1. The minimum absolute atomic E-state index is 0.113. The summed E-state index contributed by atoms with van der Waals surface area (Å²) in [5.41, 5.74) is 2.46. The molecule has 0 amide bonds. The van der Waals surface area contributed by atoms with Crippen LogP contribution in [0.5, 0.6) is 0 Å². The summed E-state index contributed by atoms with van der Waals surface area (Å²) in [5.74, 6) is 0.999. The lowest BCUT2D eigenvalue weighted by Gasteiger charge is -2.16. The van der Waals surface area contributed by atoms with Crippen molar-refractivity contribution in [1.29, 1.82) is 0 Å². The van der Waals surface area contributed by atoms with Crippen LogP contribution in [0.25, 0.3) is 10.1 Å². The number of benzene rings is 1. The van der Waals surface area contributed by atoms with Gasteiger partial charge < -0.3 is 9.73 Å². The van der Waals surface area contributed by atoms with Gasteiger partial charge in [-0.1, -0.05) is 18.2 Å². The van der Waals surface area contributed by atoms with Crippen molar-refractivity contribution < 1.29 is 4.42 Å². The minimum Gasteiger partial charge on any atom is -0.467 e. The lowest BCUT2D eigenvalue weighted by Crippen LogP contribution is -2.17. The lowest BCUT2D eigenvalue weighted by molar-refractivity contribution is 0.462. The lowest BCUT2D eigenvalue weighted by atomic mass is 10.0. The summed E-state index contributed by atoms with van der Waals surface area (Å²) in [4.78, 5) is 0. The molecule has 92 valence electrons. The van der Waals surface area contributed by atoms with Gasteiger partial charge in [-0.3, -0.25) is 0 Å². The monoisotopic (exact) mass is 257 g/mol. The van der Waals surface area contributed by atoms with Crippen LogP contribution in [-0.2, 0) is 0 Å². The first-order valence-electron chi connectivity index (χ1n) is 5.98. The van der Waals surface area contributed by atoms with Crippen molar-refractivity contribution in [3.05, 3.63) is 58.9 Å². The molecule has 0 saturated heterocycles. The Bertz CT molecular complexity index is 668. The van der Waals surface area contributed by atoms with Crippen LogP contribution in [-0.4, -0.2) is 7.05 Å². The number of furan rings is 1. The van der Waals surface area contributed by atoms with Crippen molar-refractivity contribution in [3.8, 4) is 0 Å². The van der Waals surface area contributed by atoms with Gasteiger partial charge in [-0.2, -0.15) is 0 Å². The molecule has 0 radical (unpaired) electrons. The number of hydrogen-bond donors (Lipinski definition) is 1. The highest BCUT2D eigenvalue weighted by molar-refractivity contribution is 7.17. The molecule has 1 N–H and O–H groups in total. The van der Waals surface area contributed by atoms with E-state index in [-0.39, 0.29) is 6.04 Å². The van der Waals surface area contributed by atoms with Gasteiger partial charge in [0, 0.05) is 4.70 Å². The number of hydrogen-bond acceptors (Lipinski definition) is 3. The summed E-state index contributed by atoms with van der Waals surface area (Å²) in [6.45, 7) is 2.08. The van der Waals surface area contributed by atoms with Crippen molar-refractivity contribution >= 4 is 21.4 Å². The molecular formula is C15H15NOS. The third-order valence-corrected chi connectivity index (χ3v) is 4.25. The van der Waals surface area contributed by atoms with Gasteiger partial charge in [-0.05, 0) is 48.0 Å². The Labute approximate surface area is 110 Å². The minimum atomic E-state index is 0.113. The Balaban J connectivity index is 2.17. The van der Waals surface area contributed by atoms with Gasteiger partial charge in [0.15, 0.2) is 0 Å². The fraction of sp³-hybridized carbons (Fsp3) is 0.200. The molecule has 0 bridgehead atoms. The number of thiophene rings is 1. The average molecular weight is 257 g/mol. The molecule has 3 rings (SSSR count). The normalized spacial score (nSPS) is 13.0. The van der Waals surface area contributed by atoms with Gasteiger partial charge in [0.1, 0.15) is 5.76 Å². The first-order chi connectivity index (χ1) is 8.81. The standard InChI is InChI=1S/C15H15NOS/c1-10-6-8-17-14(10)13(16-2)12-5-3-4-11-7-9-18-15(11)12/h3-9,13,16H,1-2H3. The van der Waals surface area contributed by atoms with Crippen LogP contribution < -0.4 is 5.32 Å². The van der Waals surface area contributed by atoms with Crippen LogP contribution in [0, 0.1) is 6.92 Å². The molecule has 1 atom stereocenters. The molecule has 3 aromatic rings. The molecule has 1 unspecified atom stereocenters. The topological polar surface area (TPSA) is 25.2 Å². The van der Waals surface area contributed by atoms with E-state index in [0.29, 0.717) is 0 Å². The Morgan fingerprint density at radius 3 is 2.83 bits per heavy atom. The van der Waals surface area contributed by atoms with E-state index in [2.05, 4.69) is 41.9 Å². The van der Waals surface area contributed by atoms with Crippen LogP contribution in [0.1, 0.15) is 22.9 Å². The van der Waals surface area contributed by atoms with E-state index in [9.17, 15) is 0 Å². The first kappa shape index (κ1) is 11.5. The number of fused-ring (bicyclic) bond motifs is 1. The molecule has 0 saturated carbocycles. The highest BCUT2D eigenvalue weighted by Gasteiger charge is 2.19. The maximum Gasteiger partial charge on any atom is 0.128 e. The SMILES string of the molecule is CNC(c1occc1C)c1cccc2ccsc12.